The van der Waals surface area contributed by atoms with Gasteiger partial charge in [0.1, 0.15) is 5.75 Å². The minimum Gasteiger partial charge on any atom is -0.497 e. The molecule has 1 aliphatic heterocycles. The van der Waals surface area contributed by atoms with Gasteiger partial charge < -0.3 is 9.30 Å². The second-order valence-electron chi connectivity index (χ2n) is 5.52. The van der Waals surface area contributed by atoms with Crippen LogP contribution in [0.1, 0.15) is 24.4 Å². The molecule has 2 heterocycles. The van der Waals surface area contributed by atoms with Gasteiger partial charge in [0.2, 0.25) is 10.0 Å². The summed E-state index contributed by atoms with van der Waals surface area (Å²) < 4.78 is 34.6. The molecule has 0 bridgehead atoms. The standard InChI is InChI=1S/C16H20N2O3S/c1-12-4-9-16-13(2)18(11-10-17(12)16)22(19,20)15-7-5-14(21-3)6-8-15/h4-9,13H,10-11H2,1-3H3/t13-/m1/s1. The Balaban J connectivity index is 1.96. The van der Waals surface area contributed by atoms with Gasteiger partial charge in [-0.2, -0.15) is 4.31 Å². The number of aryl methyl sites for hydroxylation is 1. The van der Waals surface area contributed by atoms with Crippen molar-refractivity contribution in [3.8, 4) is 5.75 Å². The topological polar surface area (TPSA) is 51.5 Å². The van der Waals surface area contributed by atoms with Crippen molar-refractivity contribution < 1.29 is 13.2 Å². The van der Waals surface area contributed by atoms with E-state index in [1.807, 2.05) is 26.0 Å². The molecule has 118 valence electrons. The predicted molar refractivity (Wildman–Crippen MR) is 84.5 cm³/mol. The summed E-state index contributed by atoms with van der Waals surface area (Å²) in [4.78, 5) is 0.303. The second-order valence-corrected chi connectivity index (χ2v) is 7.41. The fourth-order valence-electron chi connectivity index (χ4n) is 3.01. The molecule has 0 fully saturated rings. The Hall–Kier alpha value is -1.79. The maximum Gasteiger partial charge on any atom is 0.243 e. The van der Waals surface area contributed by atoms with Gasteiger partial charge in [-0.15, -0.1) is 0 Å². The molecule has 0 unspecified atom stereocenters. The first-order valence-corrected chi connectivity index (χ1v) is 8.71. The van der Waals surface area contributed by atoms with Crippen LogP contribution in [0.5, 0.6) is 5.75 Å². The Labute approximate surface area is 131 Å². The van der Waals surface area contributed by atoms with Gasteiger partial charge in [-0.3, -0.25) is 0 Å². The molecule has 0 aliphatic carbocycles. The number of methoxy groups -OCH3 is 1. The van der Waals surface area contributed by atoms with Gasteiger partial charge in [0, 0.05) is 24.5 Å². The van der Waals surface area contributed by atoms with Crippen LogP contribution in [0.2, 0.25) is 0 Å². The number of rotatable bonds is 3. The van der Waals surface area contributed by atoms with Crippen molar-refractivity contribution in [1.82, 2.24) is 8.87 Å². The molecule has 0 N–H and O–H groups in total. The summed E-state index contributed by atoms with van der Waals surface area (Å²) in [6, 6.07) is 10.4. The Morgan fingerprint density at radius 3 is 2.41 bits per heavy atom. The van der Waals surface area contributed by atoms with Gasteiger partial charge in [-0.05, 0) is 50.2 Å². The second kappa shape index (κ2) is 5.44. The molecule has 1 atom stereocenters. The van der Waals surface area contributed by atoms with Gasteiger partial charge >= 0.3 is 0 Å². The van der Waals surface area contributed by atoms with Crippen LogP contribution in [0.25, 0.3) is 0 Å². The number of hydrogen-bond donors (Lipinski definition) is 0. The number of ether oxygens (including phenoxy) is 1. The number of sulfonamides is 1. The molecule has 1 aliphatic rings. The van der Waals surface area contributed by atoms with Crippen LogP contribution in [0.4, 0.5) is 0 Å². The lowest BCUT2D eigenvalue weighted by molar-refractivity contribution is 0.280. The van der Waals surface area contributed by atoms with Crippen molar-refractivity contribution in [2.75, 3.05) is 13.7 Å². The summed E-state index contributed by atoms with van der Waals surface area (Å²) in [5, 5.41) is 0. The average molecular weight is 320 g/mol. The van der Waals surface area contributed by atoms with Crippen molar-refractivity contribution >= 4 is 10.0 Å². The molecule has 0 saturated heterocycles. The van der Waals surface area contributed by atoms with Gasteiger partial charge in [-0.1, -0.05) is 0 Å². The zero-order valence-corrected chi connectivity index (χ0v) is 13.8. The van der Waals surface area contributed by atoms with Crippen LogP contribution in [-0.2, 0) is 16.6 Å². The smallest absolute Gasteiger partial charge is 0.243 e. The van der Waals surface area contributed by atoms with E-state index in [9.17, 15) is 8.42 Å². The lowest BCUT2D eigenvalue weighted by atomic mass is 10.2. The first kappa shape index (κ1) is 15.1. The van der Waals surface area contributed by atoms with Crippen LogP contribution in [-0.4, -0.2) is 30.9 Å². The molecule has 22 heavy (non-hydrogen) atoms. The largest absolute Gasteiger partial charge is 0.497 e. The van der Waals surface area contributed by atoms with E-state index in [2.05, 4.69) is 4.57 Å². The average Bonchev–Trinajstić information content (AvgIpc) is 2.90. The fourth-order valence-corrected chi connectivity index (χ4v) is 4.61. The van der Waals surface area contributed by atoms with Crippen molar-refractivity contribution in [2.24, 2.45) is 0 Å². The Morgan fingerprint density at radius 1 is 1.09 bits per heavy atom. The lowest BCUT2D eigenvalue weighted by Gasteiger charge is -2.34. The molecule has 0 amide bonds. The van der Waals surface area contributed by atoms with Crippen molar-refractivity contribution in [2.45, 2.75) is 31.3 Å². The normalized spacial score (nSPS) is 19.0. The van der Waals surface area contributed by atoms with E-state index in [4.69, 9.17) is 4.74 Å². The molecule has 3 rings (SSSR count). The molecule has 0 saturated carbocycles. The summed E-state index contributed by atoms with van der Waals surface area (Å²) in [7, 11) is -1.94. The number of fused-ring (bicyclic) bond motifs is 1. The van der Waals surface area contributed by atoms with Crippen LogP contribution in [0.15, 0.2) is 41.3 Å². The van der Waals surface area contributed by atoms with Crippen LogP contribution in [0, 0.1) is 6.92 Å². The Kier molecular flexibility index (Phi) is 3.74. The molecule has 1 aromatic heterocycles. The third kappa shape index (κ3) is 2.32. The van der Waals surface area contributed by atoms with Gasteiger partial charge in [0.15, 0.2) is 0 Å². The number of benzene rings is 1. The molecule has 1 aromatic carbocycles. The van der Waals surface area contributed by atoms with Gasteiger partial charge in [-0.25, -0.2) is 8.42 Å². The molecule has 2 aromatic rings. The van der Waals surface area contributed by atoms with Crippen molar-refractivity contribution in [3.05, 3.63) is 47.8 Å². The maximum atomic E-state index is 12.9. The molecule has 5 nitrogen and oxygen atoms in total. The Morgan fingerprint density at radius 2 is 1.77 bits per heavy atom. The van der Waals surface area contributed by atoms with Crippen LogP contribution >= 0.6 is 0 Å². The van der Waals surface area contributed by atoms with Crippen molar-refractivity contribution in [3.63, 3.8) is 0 Å². The third-order valence-electron chi connectivity index (χ3n) is 4.30. The van der Waals surface area contributed by atoms with E-state index in [1.165, 1.54) is 5.69 Å². The summed E-state index contributed by atoms with van der Waals surface area (Å²) in [5.74, 6) is 0.648. The van der Waals surface area contributed by atoms with E-state index in [-0.39, 0.29) is 6.04 Å². The lowest BCUT2D eigenvalue weighted by Crippen LogP contribution is -2.40. The van der Waals surface area contributed by atoms with E-state index in [0.717, 1.165) is 5.69 Å². The highest BCUT2D eigenvalue weighted by atomic mass is 32.2. The summed E-state index contributed by atoms with van der Waals surface area (Å²) in [5.41, 5.74) is 2.21. The molecular formula is C16H20N2O3S. The van der Waals surface area contributed by atoms with Gasteiger partial charge in [0.05, 0.1) is 18.0 Å². The van der Waals surface area contributed by atoms with Crippen LogP contribution < -0.4 is 4.74 Å². The summed E-state index contributed by atoms with van der Waals surface area (Å²) in [6.07, 6.45) is 0. The highest BCUT2D eigenvalue weighted by Crippen LogP contribution is 2.32. The van der Waals surface area contributed by atoms with Crippen molar-refractivity contribution in [1.29, 1.82) is 0 Å². The van der Waals surface area contributed by atoms with E-state index >= 15 is 0 Å². The molecular weight excluding hydrogens is 300 g/mol. The molecule has 0 spiro atoms. The van der Waals surface area contributed by atoms with Gasteiger partial charge in [0.25, 0.3) is 0 Å². The number of aromatic nitrogens is 1. The maximum absolute atomic E-state index is 12.9. The molecule has 6 heteroatoms. The minimum atomic E-state index is -3.51. The van der Waals surface area contributed by atoms with E-state index in [0.29, 0.717) is 23.7 Å². The first-order chi connectivity index (χ1) is 10.4. The quantitative estimate of drug-likeness (QED) is 0.873. The van der Waals surface area contributed by atoms with E-state index < -0.39 is 10.0 Å². The summed E-state index contributed by atoms with van der Waals surface area (Å²) >= 11 is 0. The number of hydrogen-bond acceptors (Lipinski definition) is 3. The predicted octanol–water partition coefficient (Wildman–Crippen LogP) is 2.57. The summed E-state index contributed by atoms with van der Waals surface area (Å²) in [6.45, 7) is 5.15. The zero-order chi connectivity index (χ0) is 15.9. The highest BCUT2D eigenvalue weighted by molar-refractivity contribution is 7.89. The SMILES string of the molecule is COc1ccc(S(=O)(=O)N2CCn3c(C)ccc3[C@H]2C)cc1. The van der Waals surface area contributed by atoms with E-state index in [1.54, 1.807) is 35.7 Å². The zero-order valence-electron chi connectivity index (χ0n) is 13.0. The monoisotopic (exact) mass is 320 g/mol. The highest BCUT2D eigenvalue weighted by Gasteiger charge is 2.34. The first-order valence-electron chi connectivity index (χ1n) is 7.27. The third-order valence-corrected chi connectivity index (χ3v) is 6.29. The minimum absolute atomic E-state index is 0.172. The molecule has 0 radical (unpaired) electrons. The number of nitrogens with zero attached hydrogens (tertiary/aromatic N) is 2. The van der Waals surface area contributed by atoms with Crippen LogP contribution in [0.3, 0.4) is 0 Å². The fraction of sp³-hybridized carbons (Fsp3) is 0.375. The Bertz CT molecular complexity index is 778.